The Kier molecular flexibility index (Phi) is 4.10. The molecule has 0 aliphatic rings. The molecule has 1 heterocycles. The van der Waals surface area contributed by atoms with Crippen LogP contribution in [0.1, 0.15) is 29.0 Å². The van der Waals surface area contributed by atoms with Crippen molar-refractivity contribution in [2.45, 2.75) is 19.8 Å². The van der Waals surface area contributed by atoms with Crippen LogP contribution in [0.15, 0.2) is 12.1 Å². The van der Waals surface area contributed by atoms with E-state index in [2.05, 4.69) is 5.32 Å². The molecule has 88 valence electrons. The zero-order chi connectivity index (χ0) is 12.1. The van der Waals surface area contributed by atoms with Crippen molar-refractivity contribution < 1.29 is 14.7 Å². The Balaban J connectivity index is 2.41. The summed E-state index contributed by atoms with van der Waals surface area (Å²) in [4.78, 5) is 21.9. The van der Waals surface area contributed by atoms with Crippen LogP contribution in [0.5, 0.6) is 0 Å². The van der Waals surface area contributed by atoms with Crippen LogP contribution in [0.3, 0.4) is 0 Å². The summed E-state index contributed by atoms with van der Waals surface area (Å²) in [6.45, 7) is 2.30. The number of aromatic nitrogens is 1. The highest BCUT2D eigenvalue weighted by molar-refractivity contribution is 5.92. The normalized spacial score (nSPS) is 10.1. The van der Waals surface area contributed by atoms with E-state index in [1.54, 1.807) is 10.6 Å². The molecule has 16 heavy (non-hydrogen) atoms. The molecule has 1 amide bonds. The van der Waals surface area contributed by atoms with Gasteiger partial charge in [-0.15, -0.1) is 0 Å². The summed E-state index contributed by atoms with van der Waals surface area (Å²) in [7, 11) is 1.82. The number of hydrogen-bond acceptors (Lipinski definition) is 2. The molecule has 0 atom stereocenters. The molecule has 0 unspecified atom stereocenters. The molecule has 0 aliphatic carbocycles. The van der Waals surface area contributed by atoms with Gasteiger partial charge in [-0.3, -0.25) is 9.59 Å². The smallest absolute Gasteiger partial charge is 0.303 e. The maximum atomic E-state index is 11.6. The van der Waals surface area contributed by atoms with E-state index in [4.69, 9.17) is 5.11 Å². The molecular weight excluding hydrogens is 208 g/mol. The number of nitrogens with one attached hydrogen (secondary N) is 1. The Labute approximate surface area is 94.1 Å². The van der Waals surface area contributed by atoms with Gasteiger partial charge in [-0.25, -0.2) is 0 Å². The van der Waals surface area contributed by atoms with E-state index in [-0.39, 0.29) is 12.3 Å². The Morgan fingerprint density at radius 2 is 2.12 bits per heavy atom. The Morgan fingerprint density at radius 1 is 1.44 bits per heavy atom. The third-order valence-electron chi connectivity index (χ3n) is 2.46. The van der Waals surface area contributed by atoms with Crippen molar-refractivity contribution in [1.29, 1.82) is 0 Å². The summed E-state index contributed by atoms with van der Waals surface area (Å²) >= 11 is 0. The molecule has 1 aromatic rings. The highest BCUT2D eigenvalue weighted by Crippen LogP contribution is 2.05. The number of rotatable bonds is 5. The third-order valence-corrected chi connectivity index (χ3v) is 2.46. The van der Waals surface area contributed by atoms with Gasteiger partial charge in [0.2, 0.25) is 0 Å². The minimum atomic E-state index is -0.844. The molecule has 0 spiro atoms. The lowest BCUT2D eigenvalue weighted by atomic mass is 10.3. The van der Waals surface area contributed by atoms with Gasteiger partial charge < -0.3 is 15.0 Å². The van der Waals surface area contributed by atoms with Crippen molar-refractivity contribution in [2.24, 2.45) is 7.05 Å². The number of hydrogen-bond donors (Lipinski definition) is 2. The van der Waals surface area contributed by atoms with Gasteiger partial charge in [-0.1, -0.05) is 0 Å². The van der Waals surface area contributed by atoms with Crippen LogP contribution < -0.4 is 5.32 Å². The van der Waals surface area contributed by atoms with Crippen LogP contribution >= 0.6 is 0 Å². The first-order valence-electron chi connectivity index (χ1n) is 5.14. The Morgan fingerprint density at radius 3 is 2.62 bits per heavy atom. The predicted octanol–water partition coefficient (Wildman–Crippen LogP) is 0.928. The number of carbonyl (C=O) groups is 2. The van der Waals surface area contributed by atoms with E-state index in [9.17, 15) is 9.59 Å². The van der Waals surface area contributed by atoms with Crippen molar-refractivity contribution >= 4 is 11.9 Å². The van der Waals surface area contributed by atoms with E-state index < -0.39 is 5.97 Å². The van der Waals surface area contributed by atoms with Gasteiger partial charge >= 0.3 is 5.97 Å². The molecule has 0 fully saturated rings. The maximum absolute atomic E-state index is 11.6. The van der Waals surface area contributed by atoms with Gasteiger partial charge in [-0.05, 0) is 25.5 Å². The number of carboxylic acid groups (broad SMARTS) is 1. The molecular formula is C11H16N2O3. The number of amides is 1. The highest BCUT2D eigenvalue weighted by Gasteiger charge is 2.09. The van der Waals surface area contributed by atoms with E-state index in [0.717, 1.165) is 5.69 Å². The summed E-state index contributed by atoms with van der Waals surface area (Å²) in [6.07, 6.45) is 0.525. The van der Waals surface area contributed by atoms with Crippen LogP contribution in [-0.2, 0) is 11.8 Å². The number of carboxylic acids is 1. The lowest BCUT2D eigenvalue weighted by Gasteiger charge is -2.06. The fraction of sp³-hybridized carbons (Fsp3) is 0.455. The fourth-order valence-electron chi connectivity index (χ4n) is 1.37. The number of nitrogens with zero attached hydrogens (tertiary/aromatic N) is 1. The molecule has 2 N–H and O–H groups in total. The highest BCUT2D eigenvalue weighted by atomic mass is 16.4. The largest absolute Gasteiger partial charge is 0.481 e. The van der Waals surface area contributed by atoms with Crippen molar-refractivity contribution in [2.75, 3.05) is 6.54 Å². The van der Waals surface area contributed by atoms with Crippen molar-refractivity contribution in [3.05, 3.63) is 23.5 Å². The standard InChI is InChI=1S/C11H16N2O3/c1-8-5-6-9(13(8)2)11(16)12-7-3-4-10(14)15/h5-6H,3-4,7H2,1-2H3,(H,12,16)(H,14,15). The summed E-state index contributed by atoms with van der Waals surface area (Å²) in [5, 5.41) is 11.1. The number of aryl methyl sites for hydroxylation is 1. The number of carbonyl (C=O) groups excluding carboxylic acids is 1. The van der Waals surface area contributed by atoms with Crippen molar-refractivity contribution in [3.8, 4) is 0 Å². The van der Waals surface area contributed by atoms with Crippen LogP contribution in [0.25, 0.3) is 0 Å². The minimum Gasteiger partial charge on any atom is -0.481 e. The summed E-state index contributed by atoms with van der Waals surface area (Å²) < 4.78 is 1.80. The molecule has 1 aromatic heterocycles. The van der Waals surface area contributed by atoms with Crippen molar-refractivity contribution in [1.82, 2.24) is 9.88 Å². The van der Waals surface area contributed by atoms with Gasteiger partial charge in [0.15, 0.2) is 0 Å². The van der Waals surface area contributed by atoms with Crippen LogP contribution in [-0.4, -0.2) is 28.1 Å². The van der Waals surface area contributed by atoms with Crippen LogP contribution in [0.4, 0.5) is 0 Å². The average molecular weight is 224 g/mol. The third kappa shape index (κ3) is 3.12. The molecule has 0 saturated carbocycles. The SMILES string of the molecule is Cc1ccc(C(=O)NCCCC(=O)O)n1C. The Hall–Kier alpha value is -1.78. The topological polar surface area (TPSA) is 71.3 Å². The van der Waals surface area contributed by atoms with Gasteiger partial charge in [0.05, 0.1) is 0 Å². The molecule has 5 nitrogen and oxygen atoms in total. The summed E-state index contributed by atoms with van der Waals surface area (Å²) in [5.74, 6) is -1.01. The van der Waals surface area contributed by atoms with Gasteiger partial charge in [-0.2, -0.15) is 0 Å². The fourth-order valence-corrected chi connectivity index (χ4v) is 1.37. The first kappa shape index (κ1) is 12.3. The molecule has 0 aliphatic heterocycles. The molecule has 1 rings (SSSR count). The van der Waals surface area contributed by atoms with Gasteiger partial charge in [0.1, 0.15) is 5.69 Å². The zero-order valence-corrected chi connectivity index (χ0v) is 9.49. The summed E-state index contributed by atoms with van der Waals surface area (Å²) in [5.41, 5.74) is 1.60. The summed E-state index contributed by atoms with van der Waals surface area (Å²) in [6, 6.07) is 3.62. The molecule has 0 radical (unpaired) electrons. The monoisotopic (exact) mass is 224 g/mol. The van der Waals surface area contributed by atoms with E-state index in [0.29, 0.717) is 18.7 Å². The zero-order valence-electron chi connectivity index (χ0n) is 9.49. The lowest BCUT2D eigenvalue weighted by molar-refractivity contribution is -0.137. The quantitative estimate of drug-likeness (QED) is 0.731. The second-order valence-corrected chi connectivity index (χ2v) is 3.67. The van der Waals surface area contributed by atoms with E-state index >= 15 is 0 Å². The first-order valence-corrected chi connectivity index (χ1v) is 5.14. The second kappa shape index (κ2) is 5.34. The van der Waals surface area contributed by atoms with Crippen LogP contribution in [0.2, 0.25) is 0 Å². The molecule has 5 heteroatoms. The number of aliphatic carboxylic acids is 1. The second-order valence-electron chi connectivity index (χ2n) is 3.67. The lowest BCUT2D eigenvalue weighted by Crippen LogP contribution is -2.26. The molecule has 0 bridgehead atoms. The minimum absolute atomic E-state index is 0.0758. The predicted molar refractivity (Wildman–Crippen MR) is 59.4 cm³/mol. The Bertz CT molecular complexity index is 396. The first-order chi connectivity index (χ1) is 7.52. The van der Waals surface area contributed by atoms with E-state index in [1.807, 2.05) is 20.0 Å². The van der Waals surface area contributed by atoms with Crippen LogP contribution in [0, 0.1) is 6.92 Å². The molecule has 0 aromatic carbocycles. The average Bonchev–Trinajstić information content (AvgIpc) is 2.54. The molecule has 0 saturated heterocycles. The van der Waals surface area contributed by atoms with Gasteiger partial charge in [0.25, 0.3) is 5.91 Å². The maximum Gasteiger partial charge on any atom is 0.303 e. The van der Waals surface area contributed by atoms with Gasteiger partial charge in [0, 0.05) is 25.7 Å². The van der Waals surface area contributed by atoms with Crippen molar-refractivity contribution in [3.63, 3.8) is 0 Å². The van der Waals surface area contributed by atoms with E-state index in [1.165, 1.54) is 0 Å².